The van der Waals surface area contributed by atoms with Gasteiger partial charge >= 0.3 is 0 Å². The standard InChI is InChI=1S/C30H30FN3O4/c1-34(2)30(12-13-30)17-37-27-16-23-22(15-26(27)36-3)24(11-14-32-23)38-25-10-9-19-20(28(25)31)5-4-6-21(19)29(35)33-18-7-8-18/h4-6,9-11,14-16,18H,7-8,12-13,17H2,1-3H3,(H,33,35). The van der Waals surface area contributed by atoms with Gasteiger partial charge in [0, 0.05) is 34.6 Å². The van der Waals surface area contributed by atoms with Crippen molar-refractivity contribution in [1.82, 2.24) is 15.2 Å². The van der Waals surface area contributed by atoms with Crippen molar-refractivity contribution in [3.63, 3.8) is 0 Å². The molecule has 4 aromatic rings. The summed E-state index contributed by atoms with van der Waals surface area (Å²) < 4.78 is 33.5. The quantitative estimate of drug-likeness (QED) is 0.309. The minimum atomic E-state index is -0.529. The van der Waals surface area contributed by atoms with Crippen LogP contribution in [-0.2, 0) is 0 Å². The van der Waals surface area contributed by atoms with Gasteiger partial charge in [-0.15, -0.1) is 0 Å². The molecule has 0 spiro atoms. The highest BCUT2D eigenvalue weighted by molar-refractivity contribution is 6.07. The molecule has 1 N–H and O–H groups in total. The Hall–Kier alpha value is -3.91. The van der Waals surface area contributed by atoms with Gasteiger partial charge in [-0.1, -0.05) is 12.1 Å². The van der Waals surface area contributed by atoms with E-state index in [0.717, 1.165) is 25.7 Å². The summed E-state index contributed by atoms with van der Waals surface area (Å²) in [5, 5.41) is 4.52. The normalized spacial score (nSPS) is 16.0. The number of methoxy groups -OCH3 is 1. The van der Waals surface area contributed by atoms with E-state index in [-0.39, 0.29) is 23.2 Å². The number of ether oxygens (including phenoxy) is 3. The number of fused-ring (bicyclic) bond motifs is 2. The number of likely N-dealkylation sites (N-methyl/N-ethyl adjacent to an activating group) is 1. The smallest absolute Gasteiger partial charge is 0.252 e. The maximum absolute atomic E-state index is 15.6. The number of carbonyl (C=O) groups is 1. The van der Waals surface area contributed by atoms with Crippen LogP contribution < -0.4 is 19.5 Å². The lowest BCUT2D eigenvalue weighted by Crippen LogP contribution is -2.35. The molecule has 38 heavy (non-hydrogen) atoms. The maximum atomic E-state index is 15.6. The summed E-state index contributed by atoms with van der Waals surface area (Å²) in [6.45, 7) is 0.557. The zero-order chi connectivity index (χ0) is 26.4. The van der Waals surface area contributed by atoms with Crippen LogP contribution in [0, 0.1) is 5.82 Å². The highest BCUT2D eigenvalue weighted by atomic mass is 19.1. The third-order valence-electron chi connectivity index (χ3n) is 7.60. The minimum Gasteiger partial charge on any atom is -0.493 e. The van der Waals surface area contributed by atoms with Crippen LogP contribution in [0.25, 0.3) is 21.7 Å². The molecule has 3 aromatic carbocycles. The molecule has 0 atom stereocenters. The predicted molar refractivity (Wildman–Crippen MR) is 144 cm³/mol. The molecule has 0 radical (unpaired) electrons. The molecule has 0 unspecified atom stereocenters. The van der Waals surface area contributed by atoms with E-state index < -0.39 is 5.82 Å². The van der Waals surface area contributed by atoms with Gasteiger partial charge < -0.3 is 24.4 Å². The first kappa shape index (κ1) is 24.4. The number of nitrogens with one attached hydrogen (secondary N) is 1. The Morgan fingerprint density at radius 1 is 1.03 bits per heavy atom. The summed E-state index contributed by atoms with van der Waals surface area (Å²) in [5.41, 5.74) is 1.16. The molecular formula is C30H30FN3O4. The second-order valence-corrected chi connectivity index (χ2v) is 10.4. The Bertz CT molecular complexity index is 1550. The van der Waals surface area contributed by atoms with Gasteiger partial charge in [0.1, 0.15) is 12.4 Å². The molecule has 6 rings (SSSR count). The van der Waals surface area contributed by atoms with Gasteiger partial charge in [-0.05, 0) is 75.5 Å². The Labute approximate surface area is 220 Å². The molecule has 7 nitrogen and oxygen atoms in total. The lowest BCUT2D eigenvalue weighted by molar-refractivity contribution is 0.0952. The van der Waals surface area contributed by atoms with Gasteiger partial charge in [-0.3, -0.25) is 9.78 Å². The topological polar surface area (TPSA) is 72.9 Å². The number of pyridine rings is 1. The van der Waals surface area contributed by atoms with Crippen molar-refractivity contribution in [3.8, 4) is 23.0 Å². The molecule has 2 saturated carbocycles. The fourth-order valence-electron chi connectivity index (χ4n) is 4.75. The molecule has 0 saturated heterocycles. The molecule has 8 heteroatoms. The van der Waals surface area contributed by atoms with Gasteiger partial charge in [0.2, 0.25) is 0 Å². The number of rotatable bonds is 9. The lowest BCUT2D eigenvalue weighted by Gasteiger charge is -2.24. The first-order chi connectivity index (χ1) is 18.4. The summed E-state index contributed by atoms with van der Waals surface area (Å²) in [7, 11) is 5.72. The number of nitrogens with zero attached hydrogens (tertiary/aromatic N) is 2. The average molecular weight is 516 g/mol. The van der Waals surface area contributed by atoms with Gasteiger partial charge in [0.25, 0.3) is 5.91 Å². The lowest BCUT2D eigenvalue weighted by atomic mass is 10.0. The zero-order valence-corrected chi connectivity index (χ0v) is 21.7. The number of hydrogen-bond donors (Lipinski definition) is 1. The van der Waals surface area contributed by atoms with E-state index in [9.17, 15) is 4.79 Å². The van der Waals surface area contributed by atoms with E-state index in [1.807, 2.05) is 12.1 Å². The van der Waals surface area contributed by atoms with Crippen LogP contribution in [0.15, 0.2) is 54.7 Å². The fourth-order valence-corrected chi connectivity index (χ4v) is 4.75. The number of aromatic nitrogens is 1. The Morgan fingerprint density at radius 3 is 2.55 bits per heavy atom. The van der Waals surface area contributed by atoms with Crippen LogP contribution >= 0.6 is 0 Å². The number of hydrogen-bond acceptors (Lipinski definition) is 6. The van der Waals surface area contributed by atoms with Gasteiger partial charge in [-0.25, -0.2) is 4.39 Å². The molecule has 0 aliphatic heterocycles. The van der Waals surface area contributed by atoms with Crippen LogP contribution in [0.5, 0.6) is 23.0 Å². The Morgan fingerprint density at radius 2 is 1.84 bits per heavy atom. The zero-order valence-electron chi connectivity index (χ0n) is 21.7. The van der Waals surface area contributed by atoms with E-state index in [0.29, 0.717) is 51.1 Å². The fraction of sp³-hybridized carbons (Fsp3) is 0.333. The number of halogens is 1. The van der Waals surface area contributed by atoms with E-state index in [1.54, 1.807) is 49.7 Å². The van der Waals surface area contributed by atoms with Crippen LogP contribution in [0.3, 0.4) is 0 Å². The van der Waals surface area contributed by atoms with E-state index >= 15 is 4.39 Å². The van der Waals surface area contributed by atoms with Gasteiger partial charge in [0.15, 0.2) is 23.1 Å². The van der Waals surface area contributed by atoms with Crippen LogP contribution in [0.2, 0.25) is 0 Å². The first-order valence-electron chi connectivity index (χ1n) is 12.9. The van der Waals surface area contributed by atoms with Crippen molar-refractivity contribution in [3.05, 3.63) is 66.1 Å². The molecule has 0 bridgehead atoms. The molecular weight excluding hydrogens is 485 g/mol. The summed E-state index contributed by atoms with van der Waals surface area (Å²) in [6.07, 6.45) is 5.78. The SMILES string of the molecule is COc1cc2c(Oc3ccc4c(C(=O)NC5CC5)cccc4c3F)ccnc2cc1OCC1(N(C)C)CC1. The molecule has 2 aliphatic rings. The largest absolute Gasteiger partial charge is 0.493 e. The number of benzene rings is 3. The van der Waals surface area contributed by atoms with Crippen molar-refractivity contribution in [2.75, 3.05) is 27.8 Å². The van der Waals surface area contributed by atoms with Crippen LogP contribution in [-0.4, -0.2) is 55.2 Å². The van der Waals surface area contributed by atoms with Crippen molar-refractivity contribution in [1.29, 1.82) is 0 Å². The molecule has 1 aromatic heterocycles. The molecule has 196 valence electrons. The highest BCUT2D eigenvalue weighted by Gasteiger charge is 2.45. The molecule has 1 heterocycles. The molecule has 2 fully saturated rings. The summed E-state index contributed by atoms with van der Waals surface area (Å²) in [6, 6.07) is 13.9. The number of amides is 1. The van der Waals surface area contributed by atoms with E-state index in [2.05, 4.69) is 29.3 Å². The third-order valence-corrected chi connectivity index (χ3v) is 7.60. The van der Waals surface area contributed by atoms with Crippen LogP contribution in [0.4, 0.5) is 4.39 Å². The second-order valence-electron chi connectivity index (χ2n) is 10.4. The average Bonchev–Trinajstić information content (AvgIpc) is 3.85. The van der Waals surface area contributed by atoms with Crippen LogP contribution in [0.1, 0.15) is 36.0 Å². The number of carbonyl (C=O) groups excluding carboxylic acids is 1. The summed E-state index contributed by atoms with van der Waals surface area (Å²) in [4.78, 5) is 19.4. The highest BCUT2D eigenvalue weighted by Crippen LogP contribution is 2.43. The maximum Gasteiger partial charge on any atom is 0.252 e. The monoisotopic (exact) mass is 515 g/mol. The molecule has 1 amide bonds. The van der Waals surface area contributed by atoms with Gasteiger partial charge in [-0.2, -0.15) is 0 Å². The summed E-state index contributed by atoms with van der Waals surface area (Å²) >= 11 is 0. The van der Waals surface area contributed by atoms with E-state index in [4.69, 9.17) is 14.2 Å². The Balaban J connectivity index is 1.31. The predicted octanol–water partition coefficient (Wildman–Crippen LogP) is 5.69. The minimum absolute atomic E-state index is 0.0599. The van der Waals surface area contributed by atoms with Crippen molar-refractivity contribution < 1.29 is 23.4 Å². The Kier molecular flexibility index (Phi) is 6.07. The van der Waals surface area contributed by atoms with Crippen molar-refractivity contribution >= 4 is 27.6 Å². The van der Waals surface area contributed by atoms with Crippen molar-refractivity contribution in [2.45, 2.75) is 37.3 Å². The summed E-state index contributed by atoms with van der Waals surface area (Å²) in [5.74, 6) is 0.939. The second kappa shape index (κ2) is 9.44. The van der Waals surface area contributed by atoms with E-state index in [1.165, 1.54) is 0 Å². The third kappa shape index (κ3) is 4.49. The van der Waals surface area contributed by atoms with Crippen molar-refractivity contribution in [2.24, 2.45) is 0 Å². The molecule has 2 aliphatic carbocycles. The first-order valence-corrected chi connectivity index (χ1v) is 12.9. The van der Waals surface area contributed by atoms with Gasteiger partial charge in [0.05, 0.1) is 18.2 Å².